The normalized spacial score (nSPS) is 14.6. The van der Waals surface area contributed by atoms with Gasteiger partial charge in [-0.05, 0) is 19.1 Å². The van der Waals surface area contributed by atoms with Crippen LogP contribution in [-0.2, 0) is 9.84 Å². The molecule has 1 unspecified atom stereocenters. The van der Waals surface area contributed by atoms with Crippen LogP contribution in [0, 0.1) is 0 Å². The van der Waals surface area contributed by atoms with E-state index in [9.17, 15) is 8.42 Å². The number of hydrogen-bond acceptors (Lipinski definition) is 3. The molecule has 0 fully saturated rings. The fraction of sp³-hybridized carbons (Fsp3) is 0.429. The summed E-state index contributed by atoms with van der Waals surface area (Å²) in [6.07, 6.45) is 1.23. The van der Waals surface area contributed by atoms with Crippen molar-refractivity contribution in [3.05, 3.63) is 21.3 Å². The van der Waals surface area contributed by atoms with Gasteiger partial charge in [0.2, 0.25) is 0 Å². The maximum absolute atomic E-state index is 11.1. The largest absolute Gasteiger partial charge is 0.228 e. The summed E-state index contributed by atoms with van der Waals surface area (Å²) in [4.78, 5) is 0.794. The molecule has 2 nitrogen and oxygen atoms in total. The second kappa shape index (κ2) is 3.36. The molecule has 0 aliphatic rings. The van der Waals surface area contributed by atoms with Crippen molar-refractivity contribution in [3.63, 3.8) is 0 Å². The zero-order valence-electron chi connectivity index (χ0n) is 6.74. The summed E-state index contributed by atoms with van der Waals surface area (Å²) >= 11 is 6.99. The van der Waals surface area contributed by atoms with Crippen LogP contribution in [0.4, 0.5) is 0 Å². The Morgan fingerprint density at radius 1 is 1.50 bits per heavy atom. The summed E-state index contributed by atoms with van der Waals surface area (Å²) in [5.41, 5.74) is 0. The van der Waals surface area contributed by atoms with E-state index in [1.807, 2.05) is 0 Å². The van der Waals surface area contributed by atoms with Gasteiger partial charge in [0.15, 0.2) is 9.84 Å². The predicted octanol–water partition coefficient (Wildman–Crippen LogP) is 2.51. The summed E-state index contributed by atoms with van der Waals surface area (Å²) in [6.45, 7) is 1.66. The molecule has 5 heteroatoms. The van der Waals surface area contributed by atoms with Gasteiger partial charge < -0.3 is 0 Å². The number of hydrogen-bond donors (Lipinski definition) is 0. The van der Waals surface area contributed by atoms with Gasteiger partial charge >= 0.3 is 0 Å². The highest BCUT2D eigenvalue weighted by Gasteiger charge is 2.18. The highest BCUT2D eigenvalue weighted by molar-refractivity contribution is 7.91. The molecule has 12 heavy (non-hydrogen) atoms. The SMILES string of the molecule is CC(c1ccc(Cl)s1)S(C)(=O)=O. The van der Waals surface area contributed by atoms with Crippen LogP contribution < -0.4 is 0 Å². The number of rotatable bonds is 2. The Labute approximate surface area is 81.1 Å². The van der Waals surface area contributed by atoms with E-state index in [4.69, 9.17) is 11.6 Å². The Bertz CT molecular complexity index is 367. The predicted molar refractivity (Wildman–Crippen MR) is 52.6 cm³/mol. The average molecular weight is 225 g/mol. The van der Waals surface area contributed by atoms with E-state index in [0.717, 1.165) is 4.88 Å². The standard InChI is InChI=1S/C7H9ClO2S2/c1-5(12(2,9)10)6-3-4-7(8)11-6/h3-5H,1-2H3. The highest BCUT2D eigenvalue weighted by Crippen LogP contribution is 2.30. The Kier molecular flexibility index (Phi) is 2.81. The summed E-state index contributed by atoms with van der Waals surface area (Å²) in [7, 11) is -2.99. The van der Waals surface area contributed by atoms with Crippen molar-refractivity contribution in [2.75, 3.05) is 6.26 Å². The van der Waals surface area contributed by atoms with Crippen LogP contribution in [0.2, 0.25) is 4.34 Å². The molecular formula is C7H9ClO2S2. The fourth-order valence-corrected chi connectivity index (χ4v) is 2.92. The average Bonchev–Trinajstić information content (AvgIpc) is 2.32. The Morgan fingerprint density at radius 2 is 2.08 bits per heavy atom. The molecule has 0 saturated carbocycles. The third-order valence-electron chi connectivity index (χ3n) is 1.64. The molecule has 1 aromatic rings. The Morgan fingerprint density at radius 3 is 2.42 bits per heavy atom. The zero-order chi connectivity index (χ0) is 9.35. The molecule has 0 aliphatic heterocycles. The highest BCUT2D eigenvalue weighted by atomic mass is 35.5. The molecule has 1 atom stereocenters. The number of thiophene rings is 1. The lowest BCUT2D eigenvalue weighted by molar-refractivity contribution is 0.593. The first kappa shape index (κ1) is 10.0. The second-order valence-corrected chi connectivity index (χ2v) is 6.73. The van der Waals surface area contributed by atoms with Crippen molar-refractivity contribution in [1.82, 2.24) is 0 Å². The summed E-state index contributed by atoms with van der Waals surface area (Å²) in [5, 5.41) is -0.449. The van der Waals surface area contributed by atoms with Crippen LogP contribution >= 0.6 is 22.9 Å². The van der Waals surface area contributed by atoms with E-state index in [2.05, 4.69) is 0 Å². The molecule has 0 radical (unpaired) electrons. The summed E-state index contributed by atoms with van der Waals surface area (Å²) in [5.74, 6) is 0. The van der Waals surface area contributed by atoms with E-state index in [1.54, 1.807) is 19.1 Å². The van der Waals surface area contributed by atoms with Crippen molar-refractivity contribution in [2.45, 2.75) is 12.2 Å². The molecule has 1 heterocycles. The van der Waals surface area contributed by atoms with Gasteiger partial charge in [0, 0.05) is 11.1 Å². The van der Waals surface area contributed by atoms with Gasteiger partial charge in [-0.2, -0.15) is 0 Å². The van der Waals surface area contributed by atoms with Gasteiger partial charge in [-0.3, -0.25) is 0 Å². The quantitative estimate of drug-likeness (QED) is 0.774. The van der Waals surface area contributed by atoms with Crippen molar-refractivity contribution in [1.29, 1.82) is 0 Å². The molecule has 0 saturated heterocycles. The number of halogens is 1. The van der Waals surface area contributed by atoms with Crippen molar-refractivity contribution >= 4 is 32.8 Å². The zero-order valence-corrected chi connectivity index (χ0v) is 9.13. The topological polar surface area (TPSA) is 34.1 Å². The van der Waals surface area contributed by atoms with Crippen molar-refractivity contribution in [2.24, 2.45) is 0 Å². The summed E-state index contributed by atoms with van der Waals surface area (Å²) < 4.78 is 22.8. The Balaban J connectivity index is 3.01. The lowest BCUT2D eigenvalue weighted by atomic mass is 10.4. The van der Waals surface area contributed by atoms with E-state index in [1.165, 1.54) is 17.6 Å². The van der Waals surface area contributed by atoms with Gasteiger partial charge in [-0.1, -0.05) is 11.6 Å². The molecule has 0 amide bonds. The van der Waals surface area contributed by atoms with Crippen LogP contribution in [0.25, 0.3) is 0 Å². The van der Waals surface area contributed by atoms with Gasteiger partial charge in [0.25, 0.3) is 0 Å². The monoisotopic (exact) mass is 224 g/mol. The van der Waals surface area contributed by atoms with E-state index in [0.29, 0.717) is 4.34 Å². The smallest absolute Gasteiger partial charge is 0.154 e. The molecule has 0 N–H and O–H groups in total. The number of sulfone groups is 1. The third kappa shape index (κ3) is 2.21. The van der Waals surface area contributed by atoms with Gasteiger partial charge in [0.1, 0.15) is 0 Å². The maximum Gasteiger partial charge on any atom is 0.154 e. The molecule has 0 aliphatic carbocycles. The van der Waals surface area contributed by atoms with E-state index in [-0.39, 0.29) is 0 Å². The van der Waals surface area contributed by atoms with Crippen LogP contribution in [0.1, 0.15) is 17.1 Å². The molecule has 1 aromatic heterocycles. The molecule has 68 valence electrons. The van der Waals surface area contributed by atoms with Gasteiger partial charge in [-0.25, -0.2) is 8.42 Å². The van der Waals surface area contributed by atoms with Crippen LogP contribution in [-0.4, -0.2) is 14.7 Å². The first-order valence-corrected chi connectivity index (χ1v) is 6.50. The van der Waals surface area contributed by atoms with Crippen molar-refractivity contribution in [3.8, 4) is 0 Å². The van der Waals surface area contributed by atoms with E-state index < -0.39 is 15.1 Å². The lowest BCUT2D eigenvalue weighted by Gasteiger charge is -2.04. The van der Waals surface area contributed by atoms with Crippen molar-refractivity contribution < 1.29 is 8.42 Å². The molecule has 1 rings (SSSR count). The minimum absolute atomic E-state index is 0.449. The van der Waals surface area contributed by atoms with Gasteiger partial charge in [-0.15, -0.1) is 11.3 Å². The minimum Gasteiger partial charge on any atom is -0.228 e. The molecule has 0 spiro atoms. The molecular weight excluding hydrogens is 216 g/mol. The van der Waals surface area contributed by atoms with Crippen LogP contribution in [0.15, 0.2) is 12.1 Å². The second-order valence-electron chi connectivity index (χ2n) is 2.61. The Hall–Kier alpha value is -0.0600. The lowest BCUT2D eigenvalue weighted by Crippen LogP contribution is -2.05. The van der Waals surface area contributed by atoms with Crippen LogP contribution in [0.3, 0.4) is 0 Å². The molecule has 0 bridgehead atoms. The van der Waals surface area contributed by atoms with Gasteiger partial charge in [0.05, 0.1) is 9.59 Å². The minimum atomic E-state index is -2.99. The summed E-state index contributed by atoms with van der Waals surface area (Å²) in [6, 6.07) is 3.46. The first-order chi connectivity index (χ1) is 5.41. The fourth-order valence-electron chi connectivity index (χ4n) is 0.758. The molecule has 0 aromatic carbocycles. The maximum atomic E-state index is 11.1. The van der Waals surface area contributed by atoms with E-state index >= 15 is 0 Å². The first-order valence-electron chi connectivity index (χ1n) is 3.35. The third-order valence-corrected chi connectivity index (χ3v) is 4.74. The van der Waals surface area contributed by atoms with Crippen LogP contribution in [0.5, 0.6) is 0 Å².